The molecule has 1 aliphatic heterocycles. The molecule has 1 unspecified atom stereocenters. The Bertz CT molecular complexity index is 351. The lowest BCUT2D eigenvalue weighted by Gasteiger charge is -2.55. The molecule has 3 nitrogen and oxygen atoms in total. The van der Waals surface area contributed by atoms with Gasteiger partial charge in [-0.15, -0.1) is 0 Å². The Morgan fingerprint density at radius 2 is 1.75 bits per heavy atom. The molecule has 5 fully saturated rings. The molecule has 1 atom stereocenters. The van der Waals surface area contributed by atoms with Gasteiger partial charge in [-0.25, -0.2) is 0 Å². The predicted molar refractivity (Wildman–Crippen MR) is 79.3 cm³/mol. The Morgan fingerprint density at radius 1 is 1.10 bits per heavy atom. The molecule has 4 aliphatic carbocycles. The lowest BCUT2D eigenvalue weighted by atomic mass is 9.49. The van der Waals surface area contributed by atoms with Gasteiger partial charge >= 0.3 is 0 Å². The van der Waals surface area contributed by atoms with Crippen molar-refractivity contribution in [3.63, 3.8) is 0 Å². The highest BCUT2D eigenvalue weighted by atomic mass is 16.2. The summed E-state index contributed by atoms with van der Waals surface area (Å²) in [6.45, 7) is 2.03. The molecule has 4 bridgehead atoms. The summed E-state index contributed by atoms with van der Waals surface area (Å²) < 4.78 is 0. The Labute approximate surface area is 122 Å². The minimum Gasteiger partial charge on any atom is -0.356 e. The summed E-state index contributed by atoms with van der Waals surface area (Å²) in [5.41, 5.74) is 0.0395. The summed E-state index contributed by atoms with van der Waals surface area (Å²) in [6.07, 6.45) is 11.5. The van der Waals surface area contributed by atoms with Gasteiger partial charge in [-0.2, -0.15) is 0 Å². The monoisotopic (exact) mass is 276 g/mol. The van der Waals surface area contributed by atoms with E-state index in [1.807, 2.05) is 0 Å². The van der Waals surface area contributed by atoms with Crippen LogP contribution in [0.4, 0.5) is 0 Å². The zero-order valence-corrected chi connectivity index (χ0v) is 12.5. The van der Waals surface area contributed by atoms with Gasteiger partial charge in [0, 0.05) is 18.0 Å². The Balaban J connectivity index is 1.33. The Kier molecular flexibility index (Phi) is 3.29. The quantitative estimate of drug-likeness (QED) is 0.828. The normalized spacial score (nSPS) is 45.8. The molecule has 5 aliphatic rings. The molecule has 20 heavy (non-hydrogen) atoms. The van der Waals surface area contributed by atoms with Crippen molar-refractivity contribution in [1.29, 1.82) is 0 Å². The molecule has 4 saturated carbocycles. The van der Waals surface area contributed by atoms with Crippen molar-refractivity contribution in [2.75, 3.05) is 13.1 Å². The second kappa shape index (κ2) is 5.01. The maximum Gasteiger partial charge on any atom is 0.226 e. The van der Waals surface area contributed by atoms with Gasteiger partial charge in [-0.3, -0.25) is 4.79 Å². The Hall–Kier alpha value is -0.570. The maximum atomic E-state index is 12.7. The van der Waals surface area contributed by atoms with Crippen LogP contribution in [-0.2, 0) is 4.79 Å². The van der Waals surface area contributed by atoms with Crippen LogP contribution in [0.5, 0.6) is 0 Å². The molecule has 0 radical (unpaired) electrons. The third kappa shape index (κ3) is 2.28. The summed E-state index contributed by atoms with van der Waals surface area (Å²) in [5.74, 6) is 2.99. The van der Waals surface area contributed by atoms with Crippen LogP contribution >= 0.6 is 0 Å². The van der Waals surface area contributed by atoms with Gasteiger partial charge in [0.25, 0.3) is 0 Å². The van der Waals surface area contributed by atoms with Crippen LogP contribution in [0.3, 0.4) is 0 Å². The van der Waals surface area contributed by atoms with Crippen LogP contribution in [-0.4, -0.2) is 25.0 Å². The maximum absolute atomic E-state index is 12.7. The highest BCUT2D eigenvalue weighted by Gasteiger charge is 2.54. The molecular formula is C17H28N2O. The molecule has 5 rings (SSSR count). The first-order valence-corrected chi connectivity index (χ1v) is 8.75. The first-order valence-electron chi connectivity index (χ1n) is 8.75. The van der Waals surface area contributed by atoms with Gasteiger partial charge in [-0.1, -0.05) is 0 Å². The van der Waals surface area contributed by atoms with E-state index in [1.165, 1.54) is 51.4 Å². The molecule has 0 spiro atoms. The van der Waals surface area contributed by atoms with Gasteiger partial charge in [0.2, 0.25) is 5.91 Å². The highest BCUT2D eigenvalue weighted by molar-refractivity contribution is 5.83. The number of rotatable bonds is 4. The van der Waals surface area contributed by atoms with Crippen molar-refractivity contribution in [3.05, 3.63) is 0 Å². The van der Waals surface area contributed by atoms with Crippen LogP contribution in [0.15, 0.2) is 0 Å². The number of hydrogen-bond donors (Lipinski definition) is 2. The van der Waals surface area contributed by atoms with Crippen molar-refractivity contribution in [2.24, 2.45) is 23.2 Å². The standard InChI is InChI=1S/C17H28N2O/c20-16(19-5-3-15-2-1-4-18-15)17-9-12-6-13(10-17)8-14(7-12)11-17/h12-15,18H,1-11H2,(H,19,20). The second-order valence-corrected chi connectivity index (χ2v) is 8.04. The Morgan fingerprint density at radius 3 is 2.30 bits per heavy atom. The molecule has 3 heteroatoms. The van der Waals surface area contributed by atoms with E-state index in [9.17, 15) is 4.79 Å². The number of carbonyl (C=O) groups excluding carboxylic acids is 1. The zero-order valence-electron chi connectivity index (χ0n) is 12.5. The smallest absolute Gasteiger partial charge is 0.226 e. The fourth-order valence-corrected chi connectivity index (χ4v) is 5.94. The fourth-order valence-electron chi connectivity index (χ4n) is 5.94. The molecule has 0 aromatic heterocycles. The van der Waals surface area contributed by atoms with Crippen LogP contribution < -0.4 is 10.6 Å². The number of nitrogens with one attached hydrogen (secondary N) is 2. The molecule has 1 heterocycles. The minimum absolute atomic E-state index is 0.0395. The average molecular weight is 276 g/mol. The van der Waals surface area contributed by atoms with E-state index >= 15 is 0 Å². The summed E-state index contributed by atoms with van der Waals surface area (Å²) in [4.78, 5) is 12.7. The lowest BCUT2D eigenvalue weighted by molar-refractivity contribution is -0.146. The molecule has 0 aromatic rings. The largest absolute Gasteiger partial charge is 0.356 e. The van der Waals surface area contributed by atoms with E-state index in [0.717, 1.165) is 37.3 Å². The first kappa shape index (κ1) is 13.1. The van der Waals surface area contributed by atoms with Crippen LogP contribution in [0.1, 0.15) is 57.8 Å². The van der Waals surface area contributed by atoms with Crippen molar-refractivity contribution in [3.8, 4) is 0 Å². The van der Waals surface area contributed by atoms with Gasteiger partial charge in [0.15, 0.2) is 0 Å². The van der Waals surface area contributed by atoms with E-state index in [2.05, 4.69) is 10.6 Å². The van der Waals surface area contributed by atoms with Gasteiger partial charge in [-0.05, 0) is 82.1 Å². The minimum atomic E-state index is 0.0395. The molecular weight excluding hydrogens is 248 g/mol. The molecule has 1 amide bonds. The molecule has 1 saturated heterocycles. The summed E-state index contributed by atoms with van der Waals surface area (Å²) in [5, 5.41) is 6.80. The lowest BCUT2D eigenvalue weighted by Crippen LogP contribution is -2.53. The number of carbonyl (C=O) groups is 1. The number of amides is 1. The van der Waals surface area contributed by atoms with Crippen molar-refractivity contribution >= 4 is 5.91 Å². The van der Waals surface area contributed by atoms with Crippen molar-refractivity contribution in [2.45, 2.75) is 63.8 Å². The van der Waals surface area contributed by atoms with Crippen LogP contribution in [0.25, 0.3) is 0 Å². The van der Waals surface area contributed by atoms with Gasteiger partial charge in [0.1, 0.15) is 0 Å². The van der Waals surface area contributed by atoms with Crippen molar-refractivity contribution < 1.29 is 4.79 Å². The zero-order chi connectivity index (χ0) is 13.6. The predicted octanol–water partition coefficient (Wildman–Crippen LogP) is 2.46. The average Bonchev–Trinajstić information content (AvgIpc) is 2.90. The van der Waals surface area contributed by atoms with Crippen LogP contribution in [0.2, 0.25) is 0 Å². The van der Waals surface area contributed by atoms with Crippen LogP contribution in [0, 0.1) is 23.2 Å². The SMILES string of the molecule is O=C(NCCC1CCCN1)C12CC3CC(CC(C3)C1)C2. The fraction of sp³-hybridized carbons (Fsp3) is 0.941. The molecule has 2 N–H and O–H groups in total. The summed E-state index contributed by atoms with van der Waals surface area (Å²) in [7, 11) is 0. The van der Waals surface area contributed by atoms with E-state index in [0.29, 0.717) is 11.9 Å². The van der Waals surface area contributed by atoms with E-state index in [4.69, 9.17) is 0 Å². The number of hydrogen-bond acceptors (Lipinski definition) is 2. The molecule has 112 valence electrons. The molecule has 0 aromatic carbocycles. The third-order valence-electron chi connectivity index (χ3n) is 6.46. The summed E-state index contributed by atoms with van der Waals surface area (Å²) >= 11 is 0. The van der Waals surface area contributed by atoms with E-state index in [1.54, 1.807) is 0 Å². The first-order chi connectivity index (χ1) is 9.73. The van der Waals surface area contributed by atoms with Gasteiger partial charge < -0.3 is 10.6 Å². The highest BCUT2D eigenvalue weighted by Crippen LogP contribution is 2.60. The topological polar surface area (TPSA) is 41.1 Å². The van der Waals surface area contributed by atoms with Gasteiger partial charge in [0.05, 0.1) is 0 Å². The van der Waals surface area contributed by atoms with E-state index in [-0.39, 0.29) is 5.41 Å². The second-order valence-electron chi connectivity index (χ2n) is 8.04. The van der Waals surface area contributed by atoms with Crippen molar-refractivity contribution in [1.82, 2.24) is 10.6 Å². The summed E-state index contributed by atoms with van der Waals surface area (Å²) in [6, 6.07) is 0.645. The third-order valence-corrected chi connectivity index (χ3v) is 6.46. The van der Waals surface area contributed by atoms with E-state index < -0.39 is 0 Å².